The van der Waals surface area contributed by atoms with Crippen molar-refractivity contribution in [1.82, 2.24) is 4.90 Å². The van der Waals surface area contributed by atoms with Crippen LogP contribution in [0, 0.1) is 0 Å². The lowest BCUT2D eigenvalue weighted by atomic mass is 9.74. The molecule has 34 heavy (non-hydrogen) atoms. The van der Waals surface area contributed by atoms with Crippen molar-refractivity contribution in [3.8, 4) is 5.75 Å². The number of methoxy groups -OCH3 is 1. The van der Waals surface area contributed by atoms with Crippen LogP contribution >= 0.6 is 34.8 Å². The van der Waals surface area contributed by atoms with E-state index in [9.17, 15) is 4.79 Å². The van der Waals surface area contributed by atoms with Crippen LogP contribution in [0.3, 0.4) is 0 Å². The number of piperidine rings is 1. The number of carbonyl (C=O) groups excluding carboxylic acids is 1. The minimum absolute atomic E-state index is 0.0240. The first-order valence-corrected chi connectivity index (χ1v) is 12.4. The van der Waals surface area contributed by atoms with E-state index in [0.29, 0.717) is 27.2 Å². The van der Waals surface area contributed by atoms with Gasteiger partial charge in [-0.3, -0.25) is 9.69 Å². The van der Waals surface area contributed by atoms with Crippen LogP contribution < -0.4 is 9.64 Å². The molecule has 3 aromatic rings. The topological polar surface area (TPSA) is 32.8 Å². The van der Waals surface area contributed by atoms with Crippen LogP contribution in [-0.4, -0.2) is 37.6 Å². The van der Waals surface area contributed by atoms with E-state index in [4.69, 9.17) is 39.5 Å². The zero-order valence-electron chi connectivity index (χ0n) is 18.9. The van der Waals surface area contributed by atoms with Gasteiger partial charge in [0.2, 0.25) is 0 Å². The third-order valence-corrected chi connectivity index (χ3v) is 8.02. The number of fused-ring (bicyclic) bond motifs is 2. The largest absolute Gasteiger partial charge is 0.497 e. The third-order valence-electron chi connectivity index (χ3n) is 7.05. The van der Waals surface area contributed by atoms with Crippen LogP contribution in [0.2, 0.25) is 15.1 Å². The second-order valence-corrected chi connectivity index (χ2v) is 10.3. The molecule has 176 valence electrons. The standard InChI is InChI=1S/C27H25Cl3N2O2/c1-34-21-6-8-25-22(15-21)27(17-32(25)26(33)19-3-2-4-20(28)14-19)9-11-31(12-10-27)16-18-5-7-23(29)24(30)13-18/h2-8,13-15H,9-12,16-17H2,1H3. The third kappa shape index (κ3) is 4.40. The molecule has 2 heterocycles. The zero-order valence-corrected chi connectivity index (χ0v) is 21.1. The lowest BCUT2D eigenvalue weighted by Gasteiger charge is -2.40. The normalized spacial score (nSPS) is 17.1. The maximum absolute atomic E-state index is 13.5. The summed E-state index contributed by atoms with van der Waals surface area (Å²) in [6.07, 6.45) is 1.90. The number of rotatable bonds is 4. The fourth-order valence-corrected chi connectivity index (χ4v) is 5.71. The highest BCUT2D eigenvalue weighted by atomic mass is 35.5. The van der Waals surface area contributed by atoms with Crippen LogP contribution in [0.1, 0.15) is 34.3 Å². The first-order chi connectivity index (χ1) is 16.4. The minimum atomic E-state index is -0.105. The monoisotopic (exact) mass is 514 g/mol. The molecule has 0 atom stereocenters. The summed E-state index contributed by atoms with van der Waals surface area (Å²) in [6, 6.07) is 19.0. The number of ether oxygens (including phenoxy) is 1. The molecule has 0 bridgehead atoms. The van der Waals surface area contributed by atoms with Gasteiger partial charge in [-0.2, -0.15) is 0 Å². The summed E-state index contributed by atoms with van der Waals surface area (Å²) < 4.78 is 5.54. The molecule has 0 saturated carbocycles. The summed E-state index contributed by atoms with van der Waals surface area (Å²) in [7, 11) is 1.68. The van der Waals surface area contributed by atoms with E-state index in [0.717, 1.165) is 49.5 Å². The highest BCUT2D eigenvalue weighted by Gasteiger charge is 2.46. The molecular formula is C27H25Cl3N2O2. The quantitative estimate of drug-likeness (QED) is 0.381. The number of likely N-dealkylation sites (tertiary alicyclic amines) is 1. The van der Waals surface area contributed by atoms with Crippen molar-refractivity contribution in [3.05, 3.63) is 92.4 Å². The first kappa shape index (κ1) is 23.5. The molecule has 0 unspecified atom stereocenters. The Kier molecular flexibility index (Phi) is 6.51. The fraction of sp³-hybridized carbons (Fsp3) is 0.296. The fourth-order valence-electron chi connectivity index (χ4n) is 5.20. The van der Waals surface area contributed by atoms with Gasteiger partial charge in [0, 0.05) is 34.8 Å². The van der Waals surface area contributed by atoms with Crippen molar-refractivity contribution in [3.63, 3.8) is 0 Å². The van der Waals surface area contributed by atoms with Gasteiger partial charge in [0.1, 0.15) is 5.75 Å². The Balaban J connectivity index is 1.40. The van der Waals surface area contributed by atoms with Gasteiger partial charge in [0.15, 0.2) is 0 Å². The minimum Gasteiger partial charge on any atom is -0.497 e. The van der Waals surface area contributed by atoms with Gasteiger partial charge in [0.25, 0.3) is 5.91 Å². The van der Waals surface area contributed by atoms with E-state index in [-0.39, 0.29) is 11.3 Å². The average Bonchev–Trinajstić information content (AvgIpc) is 3.15. The van der Waals surface area contributed by atoms with Crippen molar-refractivity contribution in [2.75, 3.05) is 31.6 Å². The number of hydrogen-bond acceptors (Lipinski definition) is 3. The highest BCUT2D eigenvalue weighted by molar-refractivity contribution is 6.42. The number of benzene rings is 3. The molecule has 0 radical (unpaired) electrons. The van der Waals surface area contributed by atoms with Crippen molar-refractivity contribution in [2.45, 2.75) is 24.8 Å². The van der Waals surface area contributed by atoms with Gasteiger partial charge < -0.3 is 9.64 Å². The lowest BCUT2D eigenvalue weighted by Crippen LogP contribution is -2.45. The number of halogens is 3. The molecular weight excluding hydrogens is 491 g/mol. The zero-order chi connectivity index (χ0) is 23.9. The van der Waals surface area contributed by atoms with E-state index in [2.05, 4.69) is 11.0 Å². The van der Waals surface area contributed by atoms with Crippen LogP contribution in [-0.2, 0) is 12.0 Å². The molecule has 2 aliphatic rings. The highest BCUT2D eigenvalue weighted by Crippen LogP contribution is 2.49. The van der Waals surface area contributed by atoms with Gasteiger partial charge in [-0.05, 0) is 85.6 Å². The molecule has 4 nitrogen and oxygen atoms in total. The molecule has 0 aromatic heterocycles. The summed E-state index contributed by atoms with van der Waals surface area (Å²) in [4.78, 5) is 17.9. The van der Waals surface area contributed by atoms with Gasteiger partial charge in [0.05, 0.1) is 17.2 Å². The number of hydrogen-bond donors (Lipinski definition) is 0. The van der Waals surface area contributed by atoms with Crippen molar-refractivity contribution < 1.29 is 9.53 Å². The van der Waals surface area contributed by atoms with E-state index in [1.807, 2.05) is 47.4 Å². The molecule has 0 N–H and O–H groups in total. The van der Waals surface area contributed by atoms with Crippen LogP contribution in [0.15, 0.2) is 60.7 Å². The lowest BCUT2D eigenvalue weighted by molar-refractivity contribution is 0.0975. The predicted molar refractivity (Wildman–Crippen MR) is 139 cm³/mol. The SMILES string of the molecule is COc1ccc2c(c1)C1(CCN(Cc3ccc(Cl)c(Cl)c3)CC1)CN2C(=O)c1cccc(Cl)c1. The van der Waals surface area contributed by atoms with E-state index in [1.165, 1.54) is 5.56 Å². The summed E-state index contributed by atoms with van der Waals surface area (Å²) >= 11 is 18.5. The van der Waals surface area contributed by atoms with Crippen LogP contribution in [0.5, 0.6) is 5.75 Å². The Bertz CT molecular complexity index is 1240. The summed E-state index contributed by atoms with van der Waals surface area (Å²) in [6.45, 7) is 3.33. The molecule has 1 saturated heterocycles. The second kappa shape index (κ2) is 9.43. The molecule has 1 spiro atoms. The second-order valence-electron chi connectivity index (χ2n) is 9.09. The Morgan fingerprint density at radius 2 is 1.76 bits per heavy atom. The van der Waals surface area contributed by atoms with Gasteiger partial charge in [-0.25, -0.2) is 0 Å². The van der Waals surface area contributed by atoms with Gasteiger partial charge >= 0.3 is 0 Å². The van der Waals surface area contributed by atoms with Crippen LogP contribution in [0.4, 0.5) is 5.69 Å². The van der Waals surface area contributed by atoms with Crippen molar-refractivity contribution in [1.29, 1.82) is 0 Å². The first-order valence-electron chi connectivity index (χ1n) is 11.3. The Labute approximate surface area is 215 Å². The Morgan fingerprint density at radius 1 is 0.971 bits per heavy atom. The maximum Gasteiger partial charge on any atom is 0.258 e. The molecule has 2 aliphatic heterocycles. The van der Waals surface area contributed by atoms with E-state index in [1.54, 1.807) is 19.2 Å². The van der Waals surface area contributed by atoms with Crippen LogP contribution in [0.25, 0.3) is 0 Å². The molecule has 1 fully saturated rings. The predicted octanol–water partition coefficient (Wildman–Crippen LogP) is 6.85. The summed E-state index contributed by atoms with van der Waals surface area (Å²) in [5, 5.41) is 1.72. The number of anilines is 1. The smallest absolute Gasteiger partial charge is 0.258 e. The van der Waals surface area contributed by atoms with Gasteiger partial charge in [-0.1, -0.05) is 46.9 Å². The average molecular weight is 516 g/mol. The molecule has 1 amide bonds. The maximum atomic E-state index is 13.5. The van der Waals surface area contributed by atoms with E-state index < -0.39 is 0 Å². The molecule has 3 aromatic carbocycles. The van der Waals surface area contributed by atoms with Gasteiger partial charge in [-0.15, -0.1) is 0 Å². The summed E-state index contributed by atoms with van der Waals surface area (Å²) in [5.74, 6) is 0.789. The Hall–Kier alpha value is -2.24. The molecule has 0 aliphatic carbocycles. The van der Waals surface area contributed by atoms with E-state index >= 15 is 0 Å². The number of nitrogens with zero attached hydrogens (tertiary/aromatic N) is 2. The van der Waals surface area contributed by atoms with Crippen molar-refractivity contribution in [2.24, 2.45) is 0 Å². The van der Waals surface area contributed by atoms with Crippen molar-refractivity contribution >= 4 is 46.4 Å². The number of amides is 1. The molecule has 5 rings (SSSR count). The Morgan fingerprint density at radius 3 is 2.47 bits per heavy atom. The molecule has 7 heteroatoms. The number of carbonyl (C=O) groups is 1. The summed E-state index contributed by atoms with van der Waals surface area (Å²) in [5.41, 5.74) is 3.80.